The molecule has 2 aromatic rings. The maximum absolute atomic E-state index is 11.9. The lowest BCUT2D eigenvalue weighted by molar-refractivity contribution is -0.143. The molecule has 0 bridgehead atoms. The van der Waals surface area contributed by atoms with Gasteiger partial charge in [-0.2, -0.15) is 0 Å². The normalized spacial score (nSPS) is 13.4. The van der Waals surface area contributed by atoms with E-state index in [0.717, 1.165) is 48.2 Å². The Morgan fingerprint density at radius 1 is 1.17 bits per heavy atom. The van der Waals surface area contributed by atoms with Crippen LogP contribution in [-0.2, 0) is 23.0 Å². The van der Waals surface area contributed by atoms with Gasteiger partial charge in [-0.1, -0.05) is 49.4 Å². The molecule has 0 saturated carbocycles. The van der Waals surface area contributed by atoms with Gasteiger partial charge in [-0.05, 0) is 44.9 Å². The second-order valence-electron chi connectivity index (χ2n) is 7.45. The zero-order valence-corrected chi connectivity index (χ0v) is 19.5. The molecule has 162 valence electrons. The van der Waals surface area contributed by atoms with Gasteiger partial charge in [0.1, 0.15) is 16.8 Å². The summed E-state index contributed by atoms with van der Waals surface area (Å²) in [6, 6.07) is 6.07. The SMILES string of the molecule is CCCCCCOC(=O)CCCc1nc2cc(N(C(C)Cl)C(C)Cl)ccc2n1C. The van der Waals surface area contributed by atoms with Crippen LogP contribution in [0, 0.1) is 0 Å². The smallest absolute Gasteiger partial charge is 0.305 e. The molecule has 1 heterocycles. The van der Waals surface area contributed by atoms with Crippen LogP contribution in [0.3, 0.4) is 0 Å². The third-order valence-corrected chi connectivity index (χ3v) is 5.48. The number of benzene rings is 1. The van der Waals surface area contributed by atoms with E-state index in [1.807, 2.05) is 44.0 Å². The topological polar surface area (TPSA) is 47.4 Å². The molecule has 0 saturated heterocycles. The highest BCUT2D eigenvalue weighted by molar-refractivity contribution is 6.25. The monoisotopic (exact) mass is 441 g/mol. The first-order valence-corrected chi connectivity index (χ1v) is 11.4. The van der Waals surface area contributed by atoms with Crippen LogP contribution < -0.4 is 4.90 Å². The van der Waals surface area contributed by atoms with Gasteiger partial charge in [-0.3, -0.25) is 4.79 Å². The molecule has 0 spiro atoms. The van der Waals surface area contributed by atoms with Crippen LogP contribution in [0.5, 0.6) is 0 Å². The molecular formula is C22H33Cl2N3O2. The quantitative estimate of drug-likeness (QED) is 0.175. The van der Waals surface area contributed by atoms with Gasteiger partial charge in [-0.15, -0.1) is 0 Å². The van der Waals surface area contributed by atoms with E-state index in [0.29, 0.717) is 13.0 Å². The number of imidazole rings is 1. The molecule has 2 rings (SSSR count). The van der Waals surface area contributed by atoms with E-state index in [4.69, 9.17) is 32.9 Å². The van der Waals surface area contributed by atoms with Crippen molar-refractivity contribution in [2.24, 2.45) is 7.05 Å². The lowest BCUT2D eigenvalue weighted by Crippen LogP contribution is -2.34. The lowest BCUT2D eigenvalue weighted by Gasteiger charge is -2.29. The summed E-state index contributed by atoms with van der Waals surface area (Å²) in [5.74, 6) is 0.836. The summed E-state index contributed by atoms with van der Waals surface area (Å²) in [4.78, 5) is 18.6. The fraction of sp³-hybridized carbons (Fsp3) is 0.636. The number of carbonyl (C=O) groups is 1. The molecule has 0 aliphatic heterocycles. The molecule has 1 aromatic heterocycles. The van der Waals surface area contributed by atoms with Gasteiger partial charge in [-0.25, -0.2) is 4.98 Å². The van der Waals surface area contributed by atoms with E-state index in [-0.39, 0.29) is 17.0 Å². The number of rotatable bonds is 12. The van der Waals surface area contributed by atoms with Gasteiger partial charge in [0.05, 0.1) is 17.6 Å². The van der Waals surface area contributed by atoms with Gasteiger partial charge >= 0.3 is 5.97 Å². The number of carbonyl (C=O) groups excluding carboxylic acids is 1. The van der Waals surface area contributed by atoms with E-state index in [1.54, 1.807) is 0 Å². The van der Waals surface area contributed by atoms with E-state index in [2.05, 4.69) is 11.5 Å². The zero-order valence-electron chi connectivity index (χ0n) is 18.0. The minimum absolute atomic E-state index is 0.120. The van der Waals surface area contributed by atoms with E-state index < -0.39 is 0 Å². The third-order valence-electron chi connectivity index (χ3n) is 5.06. The van der Waals surface area contributed by atoms with E-state index in [1.165, 1.54) is 12.8 Å². The molecule has 29 heavy (non-hydrogen) atoms. The van der Waals surface area contributed by atoms with Crippen molar-refractivity contribution >= 4 is 45.9 Å². The van der Waals surface area contributed by atoms with Crippen LogP contribution in [0.4, 0.5) is 5.69 Å². The molecule has 0 N–H and O–H groups in total. The maximum atomic E-state index is 11.9. The van der Waals surface area contributed by atoms with Crippen molar-refractivity contribution in [1.82, 2.24) is 9.55 Å². The van der Waals surface area contributed by atoms with Crippen LogP contribution in [0.1, 0.15) is 65.1 Å². The molecule has 0 aliphatic carbocycles. The largest absolute Gasteiger partial charge is 0.466 e. The summed E-state index contributed by atoms with van der Waals surface area (Å²) in [6.45, 7) is 6.50. The number of hydrogen-bond donors (Lipinski definition) is 0. The molecule has 0 aliphatic rings. The average molecular weight is 442 g/mol. The maximum Gasteiger partial charge on any atom is 0.305 e. The van der Waals surface area contributed by atoms with Gasteiger partial charge in [0, 0.05) is 25.6 Å². The van der Waals surface area contributed by atoms with Gasteiger partial charge in [0.2, 0.25) is 0 Å². The minimum atomic E-state index is -0.226. The highest BCUT2D eigenvalue weighted by Crippen LogP contribution is 2.28. The highest BCUT2D eigenvalue weighted by Gasteiger charge is 2.18. The first kappa shape index (κ1) is 23.8. The standard InChI is InChI=1S/C22H33Cl2N3O2/c1-5-6-7-8-14-29-22(28)11-9-10-21-25-19-15-18(12-13-20(19)26(21)4)27(16(2)23)17(3)24/h12-13,15-17H,5-11,14H2,1-4H3. The Morgan fingerprint density at radius 2 is 1.90 bits per heavy atom. The van der Waals surface area contributed by atoms with Crippen molar-refractivity contribution in [3.05, 3.63) is 24.0 Å². The molecule has 0 fully saturated rings. The van der Waals surface area contributed by atoms with Crippen LogP contribution in [0.2, 0.25) is 0 Å². The predicted molar refractivity (Wildman–Crippen MR) is 122 cm³/mol. The number of unbranched alkanes of at least 4 members (excludes halogenated alkanes) is 3. The van der Waals surface area contributed by atoms with Crippen LogP contribution in [0.25, 0.3) is 11.0 Å². The number of ether oxygens (including phenoxy) is 1. The van der Waals surface area contributed by atoms with Crippen molar-refractivity contribution in [2.75, 3.05) is 11.5 Å². The molecule has 5 nitrogen and oxygen atoms in total. The van der Waals surface area contributed by atoms with Crippen molar-refractivity contribution in [1.29, 1.82) is 0 Å². The van der Waals surface area contributed by atoms with Crippen molar-refractivity contribution < 1.29 is 9.53 Å². The number of fused-ring (bicyclic) bond motifs is 1. The lowest BCUT2D eigenvalue weighted by atomic mass is 10.2. The molecule has 7 heteroatoms. The number of nitrogens with zero attached hydrogens (tertiary/aromatic N) is 3. The molecule has 0 radical (unpaired) electrons. The Morgan fingerprint density at radius 3 is 2.55 bits per heavy atom. The summed E-state index contributed by atoms with van der Waals surface area (Å²) in [5.41, 5.74) is 2.44. The Hall–Kier alpha value is -1.46. The zero-order chi connectivity index (χ0) is 21.4. The summed E-state index contributed by atoms with van der Waals surface area (Å²) in [5, 5.41) is 0. The van der Waals surface area contributed by atoms with Crippen LogP contribution in [-0.4, -0.2) is 33.1 Å². The Bertz CT molecular complexity index is 782. The van der Waals surface area contributed by atoms with Crippen LogP contribution in [0.15, 0.2) is 18.2 Å². The van der Waals surface area contributed by atoms with Gasteiger partial charge < -0.3 is 14.2 Å². The molecule has 2 unspecified atom stereocenters. The summed E-state index contributed by atoms with van der Waals surface area (Å²) in [6.07, 6.45) is 6.32. The molecule has 2 atom stereocenters. The number of esters is 1. The van der Waals surface area contributed by atoms with E-state index in [9.17, 15) is 4.79 Å². The van der Waals surface area contributed by atoms with Crippen LogP contribution >= 0.6 is 23.2 Å². The van der Waals surface area contributed by atoms with Gasteiger partial charge in [0.15, 0.2) is 0 Å². The minimum Gasteiger partial charge on any atom is -0.466 e. The first-order chi connectivity index (χ1) is 13.8. The number of aryl methyl sites for hydroxylation is 2. The molecular weight excluding hydrogens is 409 g/mol. The predicted octanol–water partition coefficient (Wildman–Crippen LogP) is 6.00. The Labute approximate surface area is 184 Å². The first-order valence-electron chi connectivity index (χ1n) is 10.5. The number of halogens is 2. The third kappa shape index (κ3) is 6.78. The Balaban J connectivity index is 1.95. The fourth-order valence-corrected chi connectivity index (χ4v) is 4.12. The van der Waals surface area contributed by atoms with Crippen molar-refractivity contribution in [3.63, 3.8) is 0 Å². The summed E-state index contributed by atoms with van der Waals surface area (Å²) in [7, 11) is 2.00. The number of anilines is 1. The second kappa shape index (κ2) is 11.7. The Kier molecular flexibility index (Phi) is 9.57. The molecule has 1 aromatic carbocycles. The average Bonchev–Trinajstić information content (AvgIpc) is 2.96. The number of aromatic nitrogens is 2. The fourth-order valence-electron chi connectivity index (χ4n) is 3.49. The summed E-state index contributed by atoms with van der Waals surface area (Å²) >= 11 is 12.6. The highest BCUT2D eigenvalue weighted by atomic mass is 35.5. The molecule has 0 amide bonds. The van der Waals surface area contributed by atoms with Crippen molar-refractivity contribution in [2.45, 2.75) is 76.7 Å². The van der Waals surface area contributed by atoms with E-state index >= 15 is 0 Å². The number of hydrogen-bond acceptors (Lipinski definition) is 4. The number of alkyl halides is 2. The van der Waals surface area contributed by atoms with Crippen molar-refractivity contribution in [3.8, 4) is 0 Å². The summed E-state index contributed by atoms with van der Waals surface area (Å²) < 4.78 is 7.38. The van der Waals surface area contributed by atoms with Gasteiger partial charge in [0.25, 0.3) is 0 Å². The second-order valence-corrected chi connectivity index (χ2v) is 8.71.